The van der Waals surface area contributed by atoms with Crippen molar-refractivity contribution >= 4 is 5.91 Å². The van der Waals surface area contributed by atoms with Gasteiger partial charge in [-0.2, -0.15) is 0 Å². The van der Waals surface area contributed by atoms with E-state index < -0.39 is 0 Å². The largest absolute Gasteiger partial charge is 0.350 e. The second kappa shape index (κ2) is 4.93. The van der Waals surface area contributed by atoms with Crippen LogP contribution in [-0.4, -0.2) is 21.4 Å². The minimum absolute atomic E-state index is 0.0168. The van der Waals surface area contributed by atoms with Crippen molar-refractivity contribution in [3.8, 4) is 0 Å². The third-order valence-electron chi connectivity index (χ3n) is 2.03. The van der Waals surface area contributed by atoms with E-state index in [0.717, 1.165) is 5.69 Å². The molecule has 0 atom stereocenters. The average molecular weight is 210 g/mol. The van der Waals surface area contributed by atoms with Gasteiger partial charge >= 0.3 is 0 Å². The molecule has 1 heterocycles. The average Bonchev–Trinajstić information content (AvgIpc) is 2.62. The summed E-state index contributed by atoms with van der Waals surface area (Å²) >= 11 is 0. The number of nitrogens with one attached hydrogen (secondary N) is 2. The second-order valence-corrected chi connectivity index (χ2v) is 4.34. The van der Waals surface area contributed by atoms with Gasteiger partial charge in [-0.15, -0.1) is 0 Å². The summed E-state index contributed by atoms with van der Waals surface area (Å²) in [5.74, 6) is 0.0168. The maximum absolute atomic E-state index is 11.4. The molecule has 0 radical (unpaired) electrons. The Balaban J connectivity index is 2.20. The van der Waals surface area contributed by atoms with Crippen LogP contribution < -0.4 is 11.1 Å². The molecule has 0 bridgehead atoms. The van der Waals surface area contributed by atoms with Gasteiger partial charge in [-0.25, -0.2) is 4.98 Å². The SMILES string of the molecule is CC(C)(N)CCC(=O)NCc1cnc[nH]1. The molecule has 0 saturated carbocycles. The van der Waals surface area contributed by atoms with Crippen molar-refractivity contribution < 1.29 is 4.79 Å². The van der Waals surface area contributed by atoms with E-state index in [9.17, 15) is 4.79 Å². The number of aromatic amines is 1. The summed E-state index contributed by atoms with van der Waals surface area (Å²) in [6.07, 6.45) is 4.41. The minimum Gasteiger partial charge on any atom is -0.350 e. The van der Waals surface area contributed by atoms with E-state index in [1.54, 1.807) is 12.5 Å². The zero-order valence-corrected chi connectivity index (χ0v) is 9.21. The number of aromatic nitrogens is 2. The maximum atomic E-state index is 11.4. The van der Waals surface area contributed by atoms with Gasteiger partial charge < -0.3 is 16.0 Å². The predicted octanol–water partition coefficient (Wildman–Crippen LogP) is 0.543. The number of nitrogens with zero attached hydrogens (tertiary/aromatic N) is 1. The van der Waals surface area contributed by atoms with E-state index in [1.165, 1.54) is 0 Å². The molecule has 0 unspecified atom stereocenters. The summed E-state index contributed by atoms with van der Waals surface area (Å²) in [5.41, 5.74) is 6.39. The van der Waals surface area contributed by atoms with E-state index in [1.807, 2.05) is 13.8 Å². The summed E-state index contributed by atoms with van der Waals surface area (Å²) in [5, 5.41) is 2.79. The van der Waals surface area contributed by atoms with Crippen LogP contribution in [0, 0.1) is 0 Å². The molecule has 4 N–H and O–H groups in total. The molecular weight excluding hydrogens is 192 g/mol. The Morgan fingerprint density at radius 2 is 2.40 bits per heavy atom. The van der Waals surface area contributed by atoms with Gasteiger partial charge in [0.25, 0.3) is 0 Å². The van der Waals surface area contributed by atoms with Crippen LogP contribution in [0.4, 0.5) is 0 Å². The van der Waals surface area contributed by atoms with Crippen LogP contribution in [0.1, 0.15) is 32.4 Å². The van der Waals surface area contributed by atoms with Crippen LogP contribution >= 0.6 is 0 Å². The van der Waals surface area contributed by atoms with Crippen molar-refractivity contribution in [1.82, 2.24) is 15.3 Å². The van der Waals surface area contributed by atoms with E-state index in [2.05, 4.69) is 15.3 Å². The molecule has 1 aromatic heterocycles. The van der Waals surface area contributed by atoms with Gasteiger partial charge in [0.2, 0.25) is 5.91 Å². The monoisotopic (exact) mass is 210 g/mol. The summed E-state index contributed by atoms with van der Waals surface area (Å²) < 4.78 is 0. The van der Waals surface area contributed by atoms with E-state index in [-0.39, 0.29) is 11.4 Å². The van der Waals surface area contributed by atoms with Crippen molar-refractivity contribution in [2.75, 3.05) is 0 Å². The fourth-order valence-corrected chi connectivity index (χ4v) is 1.10. The lowest BCUT2D eigenvalue weighted by molar-refractivity contribution is -0.121. The molecule has 0 fully saturated rings. The van der Waals surface area contributed by atoms with Crippen LogP contribution in [0.3, 0.4) is 0 Å². The Labute approximate surface area is 89.5 Å². The van der Waals surface area contributed by atoms with Crippen molar-refractivity contribution in [1.29, 1.82) is 0 Å². The molecule has 15 heavy (non-hydrogen) atoms. The molecular formula is C10H18N4O. The zero-order valence-electron chi connectivity index (χ0n) is 9.21. The molecule has 0 spiro atoms. The predicted molar refractivity (Wildman–Crippen MR) is 57.9 cm³/mol. The molecule has 84 valence electrons. The third-order valence-corrected chi connectivity index (χ3v) is 2.03. The quantitative estimate of drug-likeness (QED) is 0.663. The van der Waals surface area contributed by atoms with Crippen LogP contribution in [-0.2, 0) is 11.3 Å². The van der Waals surface area contributed by atoms with Crippen molar-refractivity contribution in [3.05, 3.63) is 18.2 Å². The highest BCUT2D eigenvalue weighted by atomic mass is 16.1. The van der Waals surface area contributed by atoms with Gasteiger partial charge in [-0.1, -0.05) is 0 Å². The van der Waals surface area contributed by atoms with Gasteiger partial charge in [0.1, 0.15) is 0 Å². The lowest BCUT2D eigenvalue weighted by Crippen LogP contribution is -2.34. The number of carbonyl (C=O) groups excluding carboxylic acids is 1. The van der Waals surface area contributed by atoms with Gasteiger partial charge in [0.05, 0.1) is 18.6 Å². The van der Waals surface area contributed by atoms with Crippen LogP contribution in [0.15, 0.2) is 12.5 Å². The third kappa shape index (κ3) is 5.17. The van der Waals surface area contributed by atoms with Gasteiger partial charge in [-0.3, -0.25) is 4.79 Å². The van der Waals surface area contributed by atoms with Crippen LogP contribution in [0.2, 0.25) is 0 Å². The van der Waals surface area contributed by atoms with Gasteiger partial charge in [0, 0.05) is 18.2 Å². The van der Waals surface area contributed by atoms with Crippen molar-refractivity contribution in [3.63, 3.8) is 0 Å². The molecule has 5 heteroatoms. The molecule has 1 aromatic rings. The molecule has 0 aromatic carbocycles. The van der Waals surface area contributed by atoms with Gasteiger partial charge in [0.15, 0.2) is 0 Å². The second-order valence-electron chi connectivity index (χ2n) is 4.34. The van der Waals surface area contributed by atoms with E-state index in [0.29, 0.717) is 19.4 Å². The minimum atomic E-state index is -0.286. The van der Waals surface area contributed by atoms with Gasteiger partial charge in [-0.05, 0) is 20.3 Å². The number of rotatable bonds is 5. The smallest absolute Gasteiger partial charge is 0.220 e. The van der Waals surface area contributed by atoms with Crippen molar-refractivity contribution in [2.24, 2.45) is 5.73 Å². The van der Waals surface area contributed by atoms with Crippen molar-refractivity contribution in [2.45, 2.75) is 38.8 Å². The summed E-state index contributed by atoms with van der Waals surface area (Å²) in [6.45, 7) is 4.31. The first-order valence-corrected chi connectivity index (χ1v) is 5.00. The standard InChI is InChI=1S/C10H18N4O/c1-10(2,11)4-3-9(15)13-6-8-5-12-7-14-8/h5,7H,3-4,6,11H2,1-2H3,(H,12,14)(H,13,15). The number of amides is 1. The lowest BCUT2D eigenvalue weighted by Gasteiger charge is -2.17. The Morgan fingerprint density at radius 3 is 2.93 bits per heavy atom. The molecule has 0 aliphatic heterocycles. The Hall–Kier alpha value is -1.36. The van der Waals surface area contributed by atoms with E-state index in [4.69, 9.17) is 5.73 Å². The highest BCUT2D eigenvalue weighted by Gasteiger charge is 2.12. The number of hydrogen-bond donors (Lipinski definition) is 3. The fourth-order valence-electron chi connectivity index (χ4n) is 1.10. The Kier molecular flexibility index (Phi) is 3.85. The molecule has 0 aliphatic rings. The first-order chi connectivity index (χ1) is 6.97. The lowest BCUT2D eigenvalue weighted by atomic mass is 10.00. The molecule has 0 aliphatic carbocycles. The number of imidazole rings is 1. The number of nitrogens with two attached hydrogens (primary N) is 1. The summed E-state index contributed by atoms with van der Waals surface area (Å²) in [6, 6.07) is 0. The highest BCUT2D eigenvalue weighted by Crippen LogP contribution is 2.06. The number of hydrogen-bond acceptors (Lipinski definition) is 3. The maximum Gasteiger partial charge on any atom is 0.220 e. The Bertz CT molecular complexity index is 300. The molecule has 0 saturated heterocycles. The zero-order chi connectivity index (χ0) is 11.3. The first-order valence-electron chi connectivity index (χ1n) is 5.00. The van der Waals surface area contributed by atoms with Crippen LogP contribution in [0.25, 0.3) is 0 Å². The number of H-pyrrole nitrogens is 1. The topological polar surface area (TPSA) is 83.8 Å². The summed E-state index contributed by atoms with van der Waals surface area (Å²) in [4.78, 5) is 18.2. The normalized spacial score (nSPS) is 11.4. The van der Waals surface area contributed by atoms with E-state index >= 15 is 0 Å². The summed E-state index contributed by atoms with van der Waals surface area (Å²) in [7, 11) is 0. The molecule has 5 nitrogen and oxygen atoms in total. The number of carbonyl (C=O) groups is 1. The molecule has 1 rings (SSSR count). The first kappa shape index (κ1) is 11.7. The fraction of sp³-hybridized carbons (Fsp3) is 0.600. The molecule has 1 amide bonds. The van der Waals surface area contributed by atoms with Crippen LogP contribution in [0.5, 0.6) is 0 Å². The Morgan fingerprint density at radius 1 is 1.67 bits per heavy atom. The highest BCUT2D eigenvalue weighted by molar-refractivity contribution is 5.75.